The summed E-state index contributed by atoms with van der Waals surface area (Å²) in [5.74, 6) is -0.158. The van der Waals surface area contributed by atoms with Crippen LogP contribution in [0.25, 0.3) is 11.3 Å². The van der Waals surface area contributed by atoms with E-state index in [-0.39, 0.29) is 11.4 Å². The van der Waals surface area contributed by atoms with E-state index in [0.717, 1.165) is 16.8 Å². The van der Waals surface area contributed by atoms with E-state index >= 15 is 0 Å². The van der Waals surface area contributed by atoms with Crippen LogP contribution in [-0.2, 0) is 22.2 Å². The number of nitrogens with zero attached hydrogens (tertiary/aromatic N) is 4. The third-order valence-corrected chi connectivity index (χ3v) is 4.67. The first-order valence-electron chi connectivity index (χ1n) is 8.00. The van der Waals surface area contributed by atoms with E-state index in [1.54, 1.807) is 30.3 Å². The van der Waals surface area contributed by atoms with Gasteiger partial charge in [0.2, 0.25) is 0 Å². The summed E-state index contributed by atoms with van der Waals surface area (Å²) < 4.78 is 7.61. The Kier molecular flexibility index (Phi) is 4.05. The molecule has 0 fully saturated rings. The van der Waals surface area contributed by atoms with Gasteiger partial charge in [0, 0.05) is 43.1 Å². The standard InChI is InChI=1S/C19H20N4O2/c1-18(2)12-19(25-4,8-13(9-20)17(18)24)15-6-5-7-21-16(15)14-10-22-23(3)11-14/h5-8,10-11H,12H2,1-4H3. The molecule has 0 saturated carbocycles. The molecule has 0 bridgehead atoms. The molecule has 2 heterocycles. The summed E-state index contributed by atoms with van der Waals surface area (Å²) in [6, 6.07) is 5.79. The van der Waals surface area contributed by atoms with Gasteiger partial charge in [0.05, 0.1) is 17.5 Å². The largest absolute Gasteiger partial charge is 0.369 e. The number of Topliss-reactive ketones (excluding diaryl/α,β-unsaturated/α-hetero) is 1. The van der Waals surface area contributed by atoms with E-state index in [0.29, 0.717) is 6.42 Å². The molecule has 0 amide bonds. The summed E-state index contributed by atoms with van der Waals surface area (Å²) >= 11 is 0. The maximum absolute atomic E-state index is 12.5. The smallest absolute Gasteiger partial charge is 0.178 e. The Morgan fingerprint density at radius 3 is 2.76 bits per heavy atom. The minimum atomic E-state index is -0.901. The number of carbonyl (C=O) groups excluding carboxylic acids is 1. The second kappa shape index (κ2) is 5.94. The van der Waals surface area contributed by atoms with Crippen LogP contribution in [0.1, 0.15) is 25.8 Å². The van der Waals surface area contributed by atoms with Crippen LogP contribution >= 0.6 is 0 Å². The SMILES string of the molecule is COC1(c2cccnc2-c2cnn(C)c2)C=C(C#N)C(=O)C(C)(C)C1. The Hall–Kier alpha value is -2.78. The molecule has 1 atom stereocenters. The number of nitriles is 1. The topological polar surface area (TPSA) is 80.8 Å². The van der Waals surface area contributed by atoms with Crippen LogP contribution in [0.3, 0.4) is 0 Å². The first kappa shape index (κ1) is 17.1. The molecule has 0 aliphatic heterocycles. The molecule has 1 unspecified atom stereocenters. The molecule has 0 saturated heterocycles. The molecule has 25 heavy (non-hydrogen) atoms. The summed E-state index contributed by atoms with van der Waals surface area (Å²) in [6.07, 6.45) is 7.40. The van der Waals surface area contributed by atoms with Gasteiger partial charge in [-0.3, -0.25) is 14.5 Å². The molecule has 6 nitrogen and oxygen atoms in total. The minimum absolute atomic E-state index is 0.124. The predicted molar refractivity (Wildman–Crippen MR) is 92.2 cm³/mol. The Bertz CT molecular complexity index is 904. The molecular weight excluding hydrogens is 316 g/mol. The molecule has 0 N–H and O–H groups in total. The van der Waals surface area contributed by atoms with Crippen LogP contribution in [0, 0.1) is 16.7 Å². The first-order valence-corrected chi connectivity index (χ1v) is 8.00. The van der Waals surface area contributed by atoms with Crippen molar-refractivity contribution in [2.75, 3.05) is 7.11 Å². The highest BCUT2D eigenvalue weighted by Crippen LogP contribution is 2.47. The second-order valence-electron chi connectivity index (χ2n) is 6.96. The van der Waals surface area contributed by atoms with Gasteiger partial charge < -0.3 is 4.74 Å². The van der Waals surface area contributed by atoms with Gasteiger partial charge in [-0.25, -0.2) is 0 Å². The lowest BCUT2D eigenvalue weighted by molar-refractivity contribution is -0.128. The fraction of sp³-hybridized carbons (Fsp3) is 0.368. The maximum atomic E-state index is 12.5. The van der Waals surface area contributed by atoms with Crippen molar-refractivity contribution in [1.82, 2.24) is 14.8 Å². The van der Waals surface area contributed by atoms with E-state index in [1.807, 2.05) is 45.3 Å². The number of aryl methyl sites for hydroxylation is 1. The van der Waals surface area contributed by atoms with Crippen LogP contribution < -0.4 is 0 Å². The number of ketones is 1. The normalized spacial score (nSPS) is 22.4. The van der Waals surface area contributed by atoms with E-state index in [1.165, 1.54) is 0 Å². The molecule has 1 aliphatic rings. The lowest BCUT2D eigenvalue weighted by Crippen LogP contribution is -2.42. The Labute approximate surface area is 146 Å². The summed E-state index contributed by atoms with van der Waals surface area (Å²) in [5, 5.41) is 13.6. The molecule has 3 rings (SSSR count). The molecule has 0 radical (unpaired) electrons. The summed E-state index contributed by atoms with van der Waals surface area (Å²) in [4.78, 5) is 17.0. The number of carbonyl (C=O) groups is 1. The van der Waals surface area contributed by atoms with Crippen LogP contribution in [0.5, 0.6) is 0 Å². The molecule has 0 spiro atoms. The number of hydrogen-bond donors (Lipinski definition) is 0. The zero-order valence-corrected chi connectivity index (χ0v) is 14.8. The second-order valence-corrected chi connectivity index (χ2v) is 6.96. The van der Waals surface area contributed by atoms with Gasteiger partial charge in [-0.15, -0.1) is 0 Å². The Morgan fingerprint density at radius 1 is 1.40 bits per heavy atom. The van der Waals surface area contributed by atoms with Crippen molar-refractivity contribution in [3.05, 3.63) is 47.9 Å². The molecule has 2 aromatic rings. The van der Waals surface area contributed by atoms with Gasteiger partial charge in [0.15, 0.2) is 5.78 Å². The van der Waals surface area contributed by atoms with Crippen LogP contribution in [0.4, 0.5) is 0 Å². The average Bonchev–Trinajstić information content (AvgIpc) is 3.03. The van der Waals surface area contributed by atoms with Gasteiger partial charge in [-0.05, 0) is 18.6 Å². The van der Waals surface area contributed by atoms with Gasteiger partial charge in [-0.1, -0.05) is 19.9 Å². The lowest BCUT2D eigenvalue weighted by atomic mass is 9.67. The van der Waals surface area contributed by atoms with E-state index in [2.05, 4.69) is 10.1 Å². The lowest BCUT2D eigenvalue weighted by Gasteiger charge is -2.41. The number of pyridine rings is 1. The third kappa shape index (κ3) is 2.77. The molecular formula is C19H20N4O2. The number of hydrogen-bond acceptors (Lipinski definition) is 5. The van der Waals surface area contributed by atoms with Crippen molar-refractivity contribution in [1.29, 1.82) is 5.26 Å². The molecule has 0 aromatic carbocycles. The average molecular weight is 336 g/mol. The van der Waals surface area contributed by atoms with Crippen molar-refractivity contribution in [2.45, 2.75) is 25.9 Å². The van der Waals surface area contributed by atoms with E-state index < -0.39 is 11.0 Å². The van der Waals surface area contributed by atoms with Crippen molar-refractivity contribution < 1.29 is 9.53 Å². The maximum Gasteiger partial charge on any atom is 0.178 e. The van der Waals surface area contributed by atoms with Crippen molar-refractivity contribution in [3.8, 4) is 17.3 Å². The molecule has 6 heteroatoms. The summed E-state index contributed by atoms with van der Waals surface area (Å²) in [6.45, 7) is 3.68. The van der Waals surface area contributed by atoms with Gasteiger partial charge in [0.25, 0.3) is 0 Å². The van der Waals surface area contributed by atoms with Crippen LogP contribution in [-0.4, -0.2) is 27.7 Å². The van der Waals surface area contributed by atoms with Gasteiger partial charge >= 0.3 is 0 Å². The van der Waals surface area contributed by atoms with Gasteiger partial charge in [0.1, 0.15) is 11.7 Å². The predicted octanol–water partition coefficient (Wildman–Crippen LogP) is 2.77. The Balaban J connectivity index is 2.25. The summed E-state index contributed by atoms with van der Waals surface area (Å²) in [5.41, 5.74) is 0.921. The fourth-order valence-electron chi connectivity index (χ4n) is 3.47. The fourth-order valence-corrected chi connectivity index (χ4v) is 3.47. The molecule has 2 aromatic heterocycles. The molecule has 128 valence electrons. The minimum Gasteiger partial charge on any atom is -0.369 e. The third-order valence-electron chi connectivity index (χ3n) is 4.67. The molecule has 1 aliphatic carbocycles. The quantitative estimate of drug-likeness (QED) is 0.861. The van der Waals surface area contributed by atoms with Crippen molar-refractivity contribution in [2.24, 2.45) is 12.5 Å². The monoisotopic (exact) mass is 336 g/mol. The van der Waals surface area contributed by atoms with Crippen molar-refractivity contribution in [3.63, 3.8) is 0 Å². The first-order chi connectivity index (χ1) is 11.8. The number of ether oxygens (including phenoxy) is 1. The number of methoxy groups -OCH3 is 1. The zero-order valence-electron chi connectivity index (χ0n) is 14.8. The van der Waals surface area contributed by atoms with Crippen LogP contribution in [0.15, 0.2) is 42.4 Å². The zero-order chi connectivity index (χ0) is 18.2. The number of allylic oxidation sites excluding steroid dienone is 1. The highest BCUT2D eigenvalue weighted by molar-refractivity contribution is 6.04. The number of rotatable bonds is 3. The van der Waals surface area contributed by atoms with E-state index in [4.69, 9.17) is 4.74 Å². The van der Waals surface area contributed by atoms with Gasteiger partial charge in [-0.2, -0.15) is 10.4 Å². The number of aromatic nitrogens is 3. The highest BCUT2D eigenvalue weighted by atomic mass is 16.5. The highest BCUT2D eigenvalue weighted by Gasteiger charge is 2.47. The summed E-state index contributed by atoms with van der Waals surface area (Å²) in [7, 11) is 3.44. The van der Waals surface area contributed by atoms with Crippen molar-refractivity contribution >= 4 is 5.78 Å². The Morgan fingerprint density at radius 2 is 2.16 bits per heavy atom. The van der Waals surface area contributed by atoms with Crippen LogP contribution in [0.2, 0.25) is 0 Å². The van der Waals surface area contributed by atoms with E-state index in [9.17, 15) is 10.1 Å².